The molecule has 2 heterocycles. The first-order valence-electron chi connectivity index (χ1n) is 3.58. The maximum atomic E-state index is 12.3. The molecule has 0 radical (unpaired) electrons. The third-order valence-corrected chi connectivity index (χ3v) is 1.67. The fourth-order valence-corrected chi connectivity index (χ4v) is 1.07. The van der Waals surface area contributed by atoms with Crippen molar-refractivity contribution in [1.82, 2.24) is 19.7 Å². The molecule has 0 aromatic carbocycles. The van der Waals surface area contributed by atoms with E-state index in [4.69, 9.17) is 0 Å². The Balaban J connectivity index is 2.46. The van der Waals surface area contributed by atoms with E-state index in [0.29, 0.717) is 11.3 Å². The number of rotatable bonds is 2. The van der Waals surface area contributed by atoms with Crippen LogP contribution in [0.25, 0.3) is 11.3 Å². The minimum atomic E-state index is -2.58. The average Bonchev–Trinajstić information content (AvgIpc) is 2.74. The Labute approximate surface area is 72.2 Å². The molecule has 0 amide bonds. The van der Waals surface area contributed by atoms with Gasteiger partial charge in [0.1, 0.15) is 0 Å². The van der Waals surface area contributed by atoms with Crippen LogP contribution in [0.5, 0.6) is 0 Å². The zero-order valence-corrected chi connectivity index (χ0v) is 6.48. The summed E-state index contributed by atoms with van der Waals surface area (Å²) in [5.41, 5.74) is 0.946. The second-order valence-electron chi connectivity index (χ2n) is 2.45. The number of H-pyrrole nitrogens is 1. The summed E-state index contributed by atoms with van der Waals surface area (Å²) < 4.78 is 25.5. The summed E-state index contributed by atoms with van der Waals surface area (Å²) in [7, 11) is 0. The molecule has 68 valence electrons. The normalized spacial score (nSPS) is 11.0. The van der Waals surface area contributed by atoms with Crippen LogP contribution in [0.2, 0.25) is 0 Å². The van der Waals surface area contributed by atoms with Crippen molar-refractivity contribution in [3.63, 3.8) is 0 Å². The van der Waals surface area contributed by atoms with E-state index in [1.165, 1.54) is 18.6 Å². The van der Waals surface area contributed by atoms with E-state index in [1.807, 2.05) is 0 Å². The quantitative estimate of drug-likeness (QED) is 0.771. The average molecular weight is 184 g/mol. The van der Waals surface area contributed by atoms with Gasteiger partial charge in [-0.3, -0.25) is 9.67 Å². The molecule has 4 nitrogen and oxygen atoms in total. The molecule has 0 atom stereocenters. The molecule has 0 saturated carbocycles. The first kappa shape index (κ1) is 7.90. The molecule has 0 bridgehead atoms. The zero-order valence-electron chi connectivity index (χ0n) is 6.48. The van der Waals surface area contributed by atoms with Gasteiger partial charge in [0, 0.05) is 11.8 Å². The molecular formula is C7H6F2N4. The molecule has 0 aliphatic heterocycles. The van der Waals surface area contributed by atoms with E-state index < -0.39 is 6.55 Å². The van der Waals surface area contributed by atoms with Gasteiger partial charge < -0.3 is 0 Å². The van der Waals surface area contributed by atoms with Crippen LogP contribution < -0.4 is 0 Å². The Kier molecular flexibility index (Phi) is 1.80. The van der Waals surface area contributed by atoms with Crippen LogP contribution in [0.4, 0.5) is 8.78 Å². The van der Waals surface area contributed by atoms with Crippen molar-refractivity contribution in [3.8, 4) is 11.3 Å². The Morgan fingerprint density at radius 1 is 1.38 bits per heavy atom. The van der Waals surface area contributed by atoms with Gasteiger partial charge in [0.25, 0.3) is 0 Å². The lowest BCUT2D eigenvalue weighted by molar-refractivity contribution is 0.0719. The fourth-order valence-electron chi connectivity index (χ4n) is 1.07. The summed E-state index contributed by atoms with van der Waals surface area (Å²) >= 11 is 0. The van der Waals surface area contributed by atoms with Gasteiger partial charge in [-0.05, 0) is 0 Å². The van der Waals surface area contributed by atoms with E-state index in [0.717, 1.165) is 10.9 Å². The number of alkyl halides is 2. The van der Waals surface area contributed by atoms with Gasteiger partial charge in [0.05, 0.1) is 24.4 Å². The second kappa shape index (κ2) is 2.96. The molecule has 0 aliphatic carbocycles. The Morgan fingerprint density at radius 3 is 2.85 bits per heavy atom. The monoisotopic (exact) mass is 184 g/mol. The van der Waals surface area contributed by atoms with E-state index in [1.54, 1.807) is 0 Å². The van der Waals surface area contributed by atoms with E-state index >= 15 is 0 Å². The van der Waals surface area contributed by atoms with Crippen LogP contribution in [-0.2, 0) is 0 Å². The minimum Gasteiger partial charge on any atom is -0.285 e. The van der Waals surface area contributed by atoms with Crippen molar-refractivity contribution in [1.29, 1.82) is 0 Å². The number of nitrogens with one attached hydrogen (secondary N) is 1. The Hall–Kier alpha value is -1.72. The number of aromatic nitrogens is 4. The van der Waals surface area contributed by atoms with E-state index in [9.17, 15) is 8.78 Å². The largest absolute Gasteiger partial charge is 0.320 e. The van der Waals surface area contributed by atoms with Gasteiger partial charge in [-0.2, -0.15) is 13.9 Å². The van der Waals surface area contributed by atoms with Crippen molar-refractivity contribution < 1.29 is 8.78 Å². The topological polar surface area (TPSA) is 46.5 Å². The van der Waals surface area contributed by atoms with Gasteiger partial charge >= 0.3 is 6.55 Å². The number of hydrogen-bond acceptors (Lipinski definition) is 2. The molecule has 13 heavy (non-hydrogen) atoms. The number of hydrogen-bond donors (Lipinski definition) is 1. The summed E-state index contributed by atoms with van der Waals surface area (Å²) in [5.74, 6) is 0. The highest BCUT2D eigenvalue weighted by Crippen LogP contribution is 2.22. The summed E-state index contributed by atoms with van der Waals surface area (Å²) in [6.45, 7) is -2.58. The van der Waals surface area contributed by atoms with Gasteiger partial charge in [0.2, 0.25) is 0 Å². The molecule has 2 rings (SSSR count). The van der Waals surface area contributed by atoms with Crippen molar-refractivity contribution in [2.45, 2.75) is 6.55 Å². The summed E-state index contributed by atoms with van der Waals surface area (Å²) in [4.78, 5) is 3.64. The molecule has 0 aliphatic rings. The Bertz CT molecular complexity index is 379. The second-order valence-corrected chi connectivity index (χ2v) is 2.45. The molecule has 1 N–H and O–H groups in total. The lowest BCUT2D eigenvalue weighted by atomic mass is 10.3. The molecular weight excluding hydrogens is 178 g/mol. The van der Waals surface area contributed by atoms with Crippen LogP contribution in [0.3, 0.4) is 0 Å². The SMILES string of the molecule is FC(F)n1cncc1-c1cn[nH]c1. The van der Waals surface area contributed by atoms with Gasteiger partial charge in [0.15, 0.2) is 0 Å². The Morgan fingerprint density at radius 2 is 2.23 bits per heavy atom. The van der Waals surface area contributed by atoms with Gasteiger partial charge in [-0.15, -0.1) is 0 Å². The van der Waals surface area contributed by atoms with Gasteiger partial charge in [-0.1, -0.05) is 0 Å². The highest BCUT2D eigenvalue weighted by atomic mass is 19.3. The summed E-state index contributed by atoms with van der Waals surface area (Å²) in [6.07, 6.45) is 5.47. The number of imidazole rings is 1. The van der Waals surface area contributed by atoms with Crippen LogP contribution >= 0.6 is 0 Å². The predicted molar refractivity (Wildman–Crippen MR) is 41.1 cm³/mol. The smallest absolute Gasteiger partial charge is 0.285 e. The van der Waals surface area contributed by atoms with Crippen molar-refractivity contribution in [3.05, 3.63) is 24.9 Å². The maximum absolute atomic E-state index is 12.3. The minimum absolute atomic E-state index is 0.351. The molecule has 2 aromatic rings. The van der Waals surface area contributed by atoms with E-state index in [-0.39, 0.29) is 0 Å². The van der Waals surface area contributed by atoms with Crippen LogP contribution in [0.15, 0.2) is 24.9 Å². The first-order chi connectivity index (χ1) is 6.29. The third-order valence-electron chi connectivity index (χ3n) is 1.67. The molecule has 0 fully saturated rings. The van der Waals surface area contributed by atoms with Gasteiger partial charge in [-0.25, -0.2) is 4.98 Å². The molecule has 2 aromatic heterocycles. The maximum Gasteiger partial charge on any atom is 0.320 e. The number of halogens is 2. The standard InChI is InChI=1S/C7H6F2N4/c8-7(9)13-4-10-3-6(13)5-1-11-12-2-5/h1-4,7H,(H,11,12). The highest BCUT2D eigenvalue weighted by molar-refractivity contribution is 5.56. The molecule has 0 unspecified atom stereocenters. The van der Waals surface area contributed by atoms with Crippen LogP contribution in [-0.4, -0.2) is 19.7 Å². The first-order valence-corrected chi connectivity index (χ1v) is 3.58. The number of nitrogens with zero attached hydrogens (tertiary/aromatic N) is 3. The van der Waals surface area contributed by atoms with Crippen molar-refractivity contribution in [2.75, 3.05) is 0 Å². The summed E-state index contributed by atoms with van der Waals surface area (Å²) in [5, 5.41) is 6.22. The van der Waals surface area contributed by atoms with Crippen molar-refractivity contribution in [2.24, 2.45) is 0 Å². The van der Waals surface area contributed by atoms with Crippen molar-refractivity contribution >= 4 is 0 Å². The third kappa shape index (κ3) is 1.30. The molecule has 0 saturated heterocycles. The lowest BCUT2D eigenvalue weighted by Gasteiger charge is -2.03. The highest BCUT2D eigenvalue weighted by Gasteiger charge is 2.12. The predicted octanol–water partition coefficient (Wildman–Crippen LogP) is 1.67. The summed E-state index contributed by atoms with van der Waals surface area (Å²) in [6, 6.07) is 0. The molecule has 6 heteroatoms. The molecule has 0 spiro atoms. The van der Waals surface area contributed by atoms with Crippen LogP contribution in [0, 0.1) is 0 Å². The fraction of sp³-hybridized carbons (Fsp3) is 0.143. The number of aromatic amines is 1. The van der Waals surface area contributed by atoms with Crippen LogP contribution in [0.1, 0.15) is 6.55 Å². The zero-order chi connectivity index (χ0) is 9.26. The lowest BCUT2D eigenvalue weighted by Crippen LogP contribution is -1.97. The van der Waals surface area contributed by atoms with E-state index in [2.05, 4.69) is 15.2 Å².